The standard InChI is InChI=1S/C15H29N3O2/c1-11(2)16-14(15(19)20-4)10-18-8-7-12-5-6-13(9-18)17(12)3/h11-14,16H,5-10H2,1-4H3. The number of nitrogens with one attached hydrogen (secondary N) is 1. The third-order valence-electron chi connectivity index (χ3n) is 4.69. The molecular formula is C15H29N3O2. The highest BCUT2D eigenvalue weighted by atomic mass is 16.5. The van der Waals surface area contributed by atoms with E-state index in [-0.39, 0.29) is 18.1 Å². The van der Waals surface area contributed by atoms with Gasteiger partial charge in [0.25, 0.3) is 0 Å². The van der Waals surface area contributed by atoms with Crippen LogP contribution in [-0.2, 0) is 9.53 Å². The van der Waals surface area contributed by atoms with Crippen LogP contribution in [0.1, 0.15) is 33.1 Å². The van der Waals surface area contributed by atoms with Crippen molar-refractivity contribution in [3.05, 3.63) is 0 Å². The van der Waals surface area contributed by atoms with Gasteiger partial charge in [0.05, 0.1) is 7.11 Å². The Hall–Kier alpha value is -0.650. The molecule has 0 aromatic carbocycles. The van der Waals surface area contributed by atoms with Gasteiger partial charge < -0.3 is 10.1 Å². The Bertz CT molecular complexity index is 335. The fraction of sp³-hybridized carbons (Fsp3) is 0.933. The second-order valence-electron chi connectivity index (χ2n) is 6.50. The highest BCUT2D eigenvalue weighted by Crippen LogP contribution is 2.28. The number of nitrogens with zero attached hydrogens (tertiary/aromatic N) is 2. The lowest BCUT2D eigenvalue weighted by Gasteiger charge is -2.29. The molecule has 2 aliphatic heterocycles. The highest BCUT2D eigenvalue weighted by Gasteiger charge is 2.35. The lowest BCUT2D eigenvalue weighted by atomic mass is 10.1. The zero-order chi connectivity index (χ0) is 14.7. The number of carbonyl (C=O) groups excluding carboxylic acids is 1. The molecule has 2 aliphatic rings. The average molecular weight is 283 g/mol. The Morgan fingerprint density at radius 3 is 2.65 bits per heavy atom. The van der Waals surface area contributed by atoms with Gasteiger partial charge in [-0.15, -0.1) is 0 Å². The molecule has 2 bridgehead atoms. The van der Waals surface area contributed by atoms with Crippen LogP contribution in [0, 0.1) is 0 Å². The number of esters is 1. The van der Waals surface area contributed by atoms with E-state index in [4.69, 9.17) is 4.74 Å². The van der Waals surface area contributed by atoms with Gasteiger partial charge in [0.1, 0.15) is 6.04 Å². The van der Waals surface area contributed by atoms with Crippen LogP contribution in [-0.4, -0.2) is 73.7 Å². The summed E-state index contributed by atoms with van der Waals surface area (Å²) in [5.74, 6) is -0.151. The summed E-state index contributed by atoms with van der Waals surface area (Å²) in [4.78, 5) is 16.9. The lowest BCUT2D eigenvalue weighted by molar-refractivity contribution is -0.143. The quantitative estimate of drug-likeness (QED) is 0.752. The van der Waals surface area contributed by atoms with E-state index >= 15 is 0 Å². The molecule has 2 fully saturated rings. The SMILES string of the molecule is COC(=O)C(CN1CCC2CCC(C1)N2C)NC(C)C. The molecule has 0 radical (unpaired) electrons. The van der Waals surface area contributed by atoms with Crippen LogP contribution in [0.25, 0.3) is 0 Å². The van der Waals surface area contributed by atoms with E-state index in [0.29, 0.717) is 6.04 Å². The van der Waals surface area contributed by atoms with E-state index in [1.165, 1.54) is 26.4 Å². The van der Waals surface area contributed by atoms with Crippen LogP contribution in [0.4, 0.5) is 0 Å². The van der Waals surface area contributed by atoms with Gasteiger partial charge in [0, 0.05) is 31.2 Å². The first-order chi connectivity index (χ1) is 9.51. The molecule has 20 heavy (non-hydrogen) atoms. The first-order valence-electron chi connectivity index (χ1n) is 7.79. The molecular weight excluding hydrogens is 254 g/mol. The van der Waals surface area contributed by atoms with Gasteiger partial charge >= 0.3 is 5.97 Å². The van der Waals surface area contributed by atoms with Gasteiger partial charge in [0.2, 0.25) is 0 Å². The van der Waals surface area contributed by atoms with Crippen molar-refractivity contribution in [2.24, 2.45) is 0 Å². The minimum Gasteiger partial charge on any atom is -0.468 e. The van der Waals surface area contributed by atoms with Gasteiger partial charge in [0.15, 0.2) is 0 Å². The minimum absolute atomic E-state index is 0.151. The predicted molar refractivity (Wildman–Crippen MR) is 79.7 cm³/mol. The van der Waals surface area contributed by atoms with Crippen LogP contribution in [0.3, 0.4) is 0 Å². The topological polar surface area (TPSA) is 44.8 Å². The zero-order valence-electron chi connectivity index (χ0n) is 13.3. The smallest absolute Gasteiger partial charge is 0.324 e. The maximum atomic E-state index is 11.9. The minimum atomic E-state index is -0.220. The molecule has 3 unspecified atom stereocenters. The third-order valence-corrected chi connectivity index (χ3v) is 4.69. The van der Waals surface area contributed by atoms with Crippen molar-refractivity contribution >= 4 is 5.97 Å². The number of methoxy groups -OCH3 is 1. The molecule has 0 spiro atoms. The van der Waals surface area contributed by atoms with Crippen LogP contribution >= 0.6 is 0 Å². The van der Waals surface area contributed by atoms with Crippen molar-refractivity contribution in [3.63, 3.8) is 0 Å². The summed E-state index contributed by atoms with van der Waals surface area (Å²) in [5, 5.41) is 3.32. The summed E-state index contributed by atoms with van der Waals surface area (Å²) in [7, 11) is 3.71. The van der Waals surface area contributed by atoms with Crippen LogP contribution in [0.15, 0.2) is 0 Å². The first kappa shape index (κ1) is 15.7. The van der Waals surface area contributed by atoms with E-state index in [1.54, 1.807) is 0 Å². The number of likely N-dealkylation sites (N-methyl/N-ethyl adjacent to an activating group) is 1. The van der Waals surface area contributed by atoms with Crippen LogP contribution < -0.4 is 5.32 Å². The fourth-order valence-electron chi connectivity index (χ4n) is 3.54. The molecule has 0 amide bonds. The second kappa shape index (κ2) is 6.87. The molecule has 5 nitrogen and oxygen atoms in total. The van der Waals surface area contributed by atoms with E-state index in [2.05, 4.69) is 36.0 Å². The van der Waals surface area contributed by atoms with Gasteiger partial charge in [-0.2, -0.15) is 0 Å². The van der Waals surface area contributed by atoms with Gasteiger partial charge in [-0.1, -0.05) is 13.8 Å². The summed E-state index contributed by atoms with van der Waals surface area (Å²) in [6.45, 7) is 7.03. The van der Waals surface area contributed by atoms with Gasteiger partial charge in [-0.05, 0) is 32.9 Å². The maximum absolute atomic E-state index is 11.9. The monoisotopic (exact) mass is 283 g/mol. The van der Waals surface area contributed by atoms with E-state index < -0.39 is 0 Å². The number of fused-ring (bicyclic) bond motifs is 2. The number of hydrogen-bond acceptors (Lipinski definition) is 5. The molecule has 2 heterocycles. The molecule has 5 heteroatoms. The Morgan fingerprint density at radius 2 is 2.00 bits per heavy atom. The summed E-state index contributed by atoms with van der Waals surface area (Å²) < 4.78 is 4.93. The van der Waals surface area contributed by atoms with Crippen LogP contribution in [0.2, 0.25) is 0 Å². The Morgan fingerprint density at radius 1 is 1.30 bits per heavy atom. The van der Waals surface area contributed by atoms with Crippen molar-refractivity contribution in [1.29, 1.82) is 0 Å². The fourth-order valence-corrected chi connectivity index (χ4v) is 3.54. The number of hydrogen-bond donors (Lipinski definition) is 1. The molecule has 0 aliphatic carbocycles. The molecule has 0 aromatic heterocycles. The summed E-state index contributed by atoms with van der Waals surface area (Å²) in [6.07, 6.45) is 3.83. The summed E-state index contributed by atoms with van der Waals surface area (Å²) in [5.41, 5.74) is 0. The zero-order valence-corrected chi connectivity index (χ0v) is 13.3. The predicted octanol–water partition coefficient (Wildman–Crippen LogP) is 0.695. The number of carbonyl (C=O) groups is 1. The van der Waals surface area contributed by atoms with Crippen LogP contribution in [0.5, 0.6) is 0 Å². The molecule has 0 saturated carbocycles. The molecule has 1 N–H and O–H groups in total. The second-order valence-corrected chi connectivity index (χ2v) is 6.50. The van der Waals surface area contributed by atoms with Crippen molar-refractivity contribution in [2.45, 2.75) is 57.3 Å². The number of rotatable bonds is 5. The Kier molecular flexibility index (Phi) is 5.41. The normalized spacial score (nSPS) is 29.4. The highest BCUT2D eigenvalue weighted by molar-refractivity contribution is 5.76. The van der Waals surface area contributed by atoms with E-state index in [0.717, 1.165) is 25.7 Å². The van der Waals surface area contributed by atoms with Crippen molar-refractivity contribution in [2.75, 3.05) is 33.8 Å². The van der Waals surface area contributed by atoms with Gasteiger partial charge in [-0.25, -0.2) is 0 Å². The Balaban J connectivity index is 1.94. The van der Waals surface area contributed by atoms with Crippen molar-refractivity contribution < 1.29 is 9.53 Å². The molecule has 2 rings (SSSR count). The molecule has 3 atom stereocenters. The van der Waals surface area contributed by atoms with E-state index in [9.17, 15) is 4.79 Å². The maximum Gasteiger partial charge on any atom is 0.324 e. The van der Waals surface area contributed by atoms with E-state index in [1.807, 2.05) is 0 Å². The lowest BCUT2D eigenvalue weighted by Crippen LogP contribution is -2.50. The molecule has 0 aromatic rings. The number of likely N-dealkylation sites (tertiary alicyclic amines) is 1. The van der Waals surface area contributed by atoms with Gasteiger partial charge in [-0.3, -0.25) is 14.6 Å². The summed E-state index contributed by atoms with van der Waals surface area (Å²) >= 11 is 0. The number of ether oxygens (including phenoxy) is 1. The first-order valence-corrected chi connectivity index (χ1v) is 7.79. The van der Waals surface area contributed by atoms with Crippen molar-refractivity contribution in [3.8, 4) is 0 Å². The Labute approximate surface area is 122 Å². The third kappa shape index (κ3) is 3.71. The molecule has 116 valence electrons. The average Bonchev–Trinajstić information content (AvgIpc) is 2.64. The molecule has 2 saturated heterocycles. The largest absolute Gasteiger partial charge is 0.468 e. The summed E-state index contributed by atoms with van der Waals surface area (Å²) in [6, 6.07) is 1.45. The van der Waals surface area contributed by atoms with Crippen molar-refractivity contribution in [1.82, 2.24) is 15.1 Å².